The van der Waals surface area contributed by atoms with Crippen molar-refractivity contribution >= 4 is 0 Å². The van der Waals surface area contributed by atoms with E-state index in [0.717, 1.165) is 19.6 Å². The van der Waals surface area contributed by atoms with E-state index in [0.29, 0.717) is 12.6 Å². The Balaban J connectivity index is 2.08. The summed E-state index contributed by atoms with van der Waals surface area (Å²) in [5.74, 6) is 0. The maximum atomic E-state index is 11.7. The SMILES string of the molecule is CC1CNCCN1CCOCC(F)(F)F. The summed E-state index contributed by atoms with van der Waals surface area (Å²) in [5.41, 5.74) is 0. The first-order chi connectivity index (χ1) is 6.99. The molecule has 3 nitrogen and oxygen atoms in total. The number of piperazine rings is 1. The average molecular weight is 226 g/mol. The van der Waals surface area contributed by atoms with Crippen LogP contribution >= 0.6 is 0 Å². The number of nitrogens with one attached hydrogen (secondary N) is 1. The van der Waals surface area contributed by atoms with Gasteiger partial charge in [-0.25, -0.2) is 0 Å². The number of rotatable bonds is 4. The Labute approximate surface area is 87.6 Å². The van der Waals surface area contributed by atoms with Crippen LogP contribution in [0.25, 0.3) is 0 Å². The highest BCUT2D eigenvalue weighted by Crippen LogP contribution is 2.14. The largest absolute Gasteiger partial charge is 0.411 e. The number of halogens is 3. The van der Waals surface area contributed by atoms with E-state index in [4.69, 9.17) is 0 Å². The van der Waals surface area contributed by atoms with E-state index in [1.807, 2.05) is 0 Å². The third kappa shape index (κ3) is 5.34. The molecule has 0 aromatic rings. The lowest BCUT2D eigenvalue weighted by molar-refractivity contribution is -0.174. The molecule has 6 heteroatoms. The zero-order valence-electron chi connectivity index (χ0n) is 8.81. The highest BCUT2D eigenvalue weighted by atomic mass is 19.4. The predicted octanol–water partition coefficient (Wildman–Crippen LogP) is 0.859. The maximum Gasteiger partial charge on any atom is 0.411 e. The molecule has 1 aliphatic rings. The fourth-order valence-electron chi connectivity index (χ4n) is 1.58. The van der Waals surface area contributed by atoms with Gasteiger partial charge in [0, 0.05) is 32.2 Å². The van der Waals surface area contributed by atoms with Gasteiger partial charge in [0.2, 0.25) is 0 Å². The molecule has 1 saturated heterocycles. The minimum absolute atomic E-state index is 0.143. The van der Waals surface area contributed by atoms with Crippen molar-refractivity contribution in [2.75, 3.05) is 39.4 Å². The second kappa shape index (κ2) is 5.67. The topological polar surface area (TPSA) is 24.5 Å². The molecule has 0 amide bonds. The summed E-state index contributed by atoms with van der Waals surface area (Å²) in [4.78, 5) is 2.13. The molecule has 0 aromatic heterocycles. The van der Waals surface area contributed by atoms with Crippen LogP contribution in [0.1, 0.15) is 6.92 Å². The lowest BCUT2D eigenvalue weighted by Gasteiger charge is -2.33. The summed E-state index contributed by atoms with van der Waals surface area (Å²) >= 11 is 0. The fourth-order valence-corrected chi connectivity index (χ4v) is 1.58. The Morgan fingerprint density at radius 1 is 1.47 bits per heavy atom. The quantitative estimate of drug-likeness (QED) is 0.719. The lowest BCUT2D eigenvalue weighted by atomic mass is 10.2. The summed E-state index contributed by atoms with van der Waals surface area (Å²) in [5, 5.41) is 3.22. The van der Waals surface area contributed by atoms with E-state index in [9.17, 15) is 13.2 Å². The van der Waals surface area contributed by atoms with Crippen LogP contribution in [-0.4, -0.2) is 56.5 Å². The summed E-state index contributed by atoms with van der Waals surface area (Å²) in [6, 6.07) is 0.369. The summed E-state index contributed by atoms with van der Waals surface area (Å²) < 4.78 is 39.8. The minimum Gasteiger partial charge on any atom is -0.371 e. The summed E-state index contributed by atoms with van der Waals surface area (Å²) in [6.45, 7) is 4.27. The predicted molar refractivity (Wildman–Crippen MR) is 50.8 cm³/mol. The van der Waals surface area contributed by atoms with Crippen LogP contribution in [-0.2, 0) is 4.74 Å². The molecule has 15 heavy (non-hydrogen) atoms. The lowest BCUT2D eigenvalue weighted by Crippen LogP contribution is -2.50. The van der Waals surface area contributed by atoms with Gasteiger partial charge in [-0.15, -0.1) is 0 Å². The van der Waals surface area contributed by atoms with Crippen molar-refractivity contribution in [1.29, 1.82) is 0 Å². The van der Waals surface area contributed by atoms with E-state index in [-0.39, 0.29) is 6.61 Å². The van der Waals surface area contributed by atoms with Crippen molar-refractivity contribution in [1.82, 2.24) is 10.2 Å². The van der Waals surface area contributed by atoms with Gasteiger partial charge in [-0.2, -0.15) is 13.2 Å². The van der Waals surface area contributed by atoms with Crippen LogP contribution in [0.15, 0.2) is 0 Å². The monoisotopic (exact) mass is 226 g/mol. The van der Waals surface area contributed by atoms with Crippen molar-refractivity contribution in [3.63, 3.8) is 0 Å². The Morgan fingerprint density at radius 2 is 2.20 bits per heavy atom. The van der Waals surface area contributed by atoms with Gasteiger partial charge in [0.25, 0.3) is 0 Å². The molecule has 0 aliphatic carbocycles. The first kappa shape index (κ1) is 12.7. The van der Waals surface area contributed by atoms with E-state index < -0.39 is 12.8 Å². The van der Waals surface area contributed by atoms with Crippen LogP contribution in [0, 0.1) is 0 Å². The van der Waals surface area contributed by atoms with Crippen LogP contribution in [0.3, 0.4) is 0 Å². The molecule has 1 rings (SSSR count). The average Bonchev–Trinajstić information content (AvgIpc) is 2.13. The summed E-state index contributed by atoms with van der Waals surface area (Å²) in [7, 11) is 0. The zero-order valence-corrected chi connectivity index (χ0v) is 8.81. The third-order valence-corrected chi connectivity index (χ3v) is 2.43. The van der Waals surface area contributed by atoms with E-state index in [2.05, 4.69) is 21.9 Å². The Hall–Kier alpha value is -0.330. The van der Waals surface area contributed by atoms with Crippen molar-refractivity contribution in [2.24, 2.45) is 0 Å². The van der Waals surface area contributed by atoms with Crippen molar-refractivity contribution < 1.29 is 17.9 Å². The molecule has 0 saturated carbocycles. The minimum atomic E-state index is -4.21. The maximum absolute atomic E-state index is 11.7. The Bertz CT molecular complexity index is 187. The standard InChI is InChI=1S/C9H17F3N2O/c1-8-6-13-2-3-14(8)4-5-15-7-9(10,11)12/h8,13H,2-7H2,1H3. The molecule has 1 heterocycles. The van der Waals surface area contributed by atoms with E-state index in [1.165, 1.54) is 0 Å². The van der Waals surface area contributed by atoms with Gasteiger partial charge in [-0.3, -0.25) is 4.90 Å². The Morgan fingerprint density at radius 3 is 2.80 bits per heavy atom. The number of alkyl halides is 3. The third-order valence-electron chi connectivity index (χ3n) is 2.43. The van der Waals surface area contributed by atoms with E-state index in [1.54, 1.807) is 0 Å². The van der Waals surface area contributed by atoms with Crippen LogP contribution in [0.2, 0.25) is 0 Å². The van der Waals surface area contributed by atoms with E-state index >= 15 is 0 Å². The highest BCUT2D eigenvalue weighted by Gasteiger charge is 2.27. The second-order valence-electron chi connectivity index (χ2n) is 3.76. The van der Waals surface area contributed by atoms with Gasteiger partial charge in [0.05, 0.1) is 6.61 Å². The molecule has 1 atom stereocenters. The van der Waals surface area contributed by atoms with Crippen molar-refractivity contribution in [3.05, 3.63) is 0 Å². The van der Waals surface area contributed by atoms with Gasteiger partial charge in [-0.05, 0) is 6.92 Å². The fraction of sp³-hybridized carbons (Fsp3) is 1.00. The van der Waals surface area contributed by atoms with Gasteiger partial charge >= 0.3 is 6.18 Å². The van der Waals surface area contributed by atoms with Gasteiger partial charge < -0.3 is 10.1 Å². The molecule has 1 N–H and O–H groups in total. The molecule has 0 spiro atoms. The van der Waals surface area contributed by atoms with Crippen LogP contribution < -0.4 is 5.32 Å². The number of hydrogen-bond donors (Lipinski definition) is 1. The Kier molecular flexibility index (Phi) is 4.82. The first-order valence-electron chi connectivity index (χ1n) is 5.08. The van der Waals surface area contributed by atoms with Gasteiger partial charge in [-0.1, -0.05) is 0 Å². The number of nitrogens with zero attached hydrogens (tertiary/aromatic N) is 1. The van der Waals surface area contributed by atoms with Gasteiger partial charge in [0.1, 0.15) is 6.61 Å². The number of ether oxygens (including phenoxy) is 1. The molecular weight excluding hydrogens is 209 g/mol. The molecule has 1 aliphatic heterocycles. The molecular formula is C9H17F3N2O. The first-order valence-corrected chi connectivity index (χ1v) is 5.08. The van der Waals surface area contributed by atoms with Crippen molar-refractivity contribution in [3.8, 4) is 0 Å². The van der Waals surface area contributed by atoms with Crippen LogP contribution in [0.5, 0.6) is 0 Å². The molecule has 0 aromatic carbocycles. The highest BCUT2D eigenvalue weighted by molar-refractivity contribution is 4.75. The smallest absolute Gasteiger partial charge is 0.371 e. The van der Waals surface area contributed by atoms with Crippen LogP contribution in [0.4, 0.5) is 13.2 Å². The molecule has 0 bridgehead atoms. The zero-order chi connectivity index (χ0) is 11.3. The van der Waals surface area contributed by atoms with Gasteiger partial charge in [0.15, 0.2) is 0 Å². The summed E-state index contributed by atoms with van der Waals surface area (Å²) in [6.07, 6.45) is -4.21. The second-order valence-corrected chi connectivity index (χ2v) is 3.76. The molecule has 1 fully saturated rings. The normalized spacial score (nSPS) is 24.4. The molecule has 1 unspecified atom stereocenters. The number of hydrogen-bond acceptors (Lipinski definition) is 3. The molecule has 0 radical (unpaired) electrons. The van der Waals surface area contributed by atoms with Crippen molar-refractivity contribution in [2.45, 2.75) is 19.1 Å². The molecule has 90 valence electrons.